The summed E-state index contributed by atoms with van der Waals surface area (Å²) in [5, 5.41) is 2.27. The fraction of sp³-hybridized carbons (Fsp3) is 0.556. The molecular weight excluding hydrogens is 1420 g/mol. The van der Waals surface area contributed by atoms with Crippen molar-refractivity contribution < 1.29 is 130 Å². The van der Waals surface area contributed by atoms with E-state index in [1.807, 2.05) is 48.5 Å². The zero-order chi connectivity index (χ0) is 72.8. The topological polar surface area (TPSA) is 330 Å². The van der Waals surface area contributed by atoms with Gasteiger partial charge in [0.1, 0.15) is 75.4 Å². The Hall–Kier alpha value is -7.51. The molecule has 0 saturated heterocycles. The van der Waals surface area contributed by atoms with Crippen LogP contribution in [-0.2, 0) is 92.3 Å². The third kappa shape index (κ3) is 25.3. The SMILES string of the molecule is COCCOCCOc1cc2c(cc1OCCOCCOC)-c1nc-2nc2[nH]c(nc3nc(nc4[nH]c(n1)c1cc(OCCOCCOC)c(OCCOCCOC)cc41)-c1cc(OCCOCCOC)c(OCCOCCOC)cc1-3)c1cc(OCCOCCOC)c(OCCOCCOC)cc21.[Ni+2]. The van der Waals surface area contributed by atoms with Gasteiger partial charge in [-0.15, -0.1) is 0 Å². The van der Waals surface area contributed by atoms with Gasteiger partial charge in [0.2, 0.25) is 0 Å². The minimum atomic E-state index is 0. The maximum Gasteiger partial charge on any atom is 2.00 e. The molecule has 2 aliphatic rings. The van der Waals surface area contributed by atoms with Gasteiger partial charge in [0.05, 0.1) is 159 Å². The van der Waals surface area contributed by atoms with Crippen molar-refractivity contribution in [2.24, 2.45) is 0 Å². The first-order valence-electron chi connectivity index (χ1n) is 34.4. The summed E-state index contributed by atoms with van der Waals surface area (Å²) in [5.74, 6) is 3.99. The molecule has 105 heavy (non-hydrogen) atoms. The average Bonchev–Trinajstić information content (AvgIpc) is 1.60. The normalized spacial score (nSPS) is 11.7. The van der Waals surface area contributed by atoms with Crippen molar-refractivity contribution in [1.29, 1.82) is 0 Å². The minimum Gasteiger partial charge on any atom is -0.487 e. The molecule has 0 spiro atoms. The van der Waals surface area contributed by atoms with E-state index in [9.17, 15) is 0 Å². The molecule has 32 nitrogen and oxygen atoms in total. The molecule has 0 fully saturated rings. The van der Waals surface area contributed by atoms with E-state index < -0.39 is 0 Å². The molecule has 0 atom stereocenters. The van der Waals surface area contributed by atoms with Gasteiger partial charge in [-0.2, -0.15) is 0 Å². The van der Waals surface area contributed by atoms with Crippen molar-refractivity contribution in [2.75, 3.05) is 268 Å². The Morgan fingerprint density at radius 1 is 0.200 bits per heavy atom. The quantitative estimate of drug-likeness (QED) is 0.0281. The number of rotatable bonds is 56. The number of nitrogens with zero attached hydrogens (tertiary/aromatic N) is 6. The molecule has 0 amide bonds. The summed E-state index contributed by atoms with van der Waals surface area (Å²) in [5.41, 5.74) is 3.47. The molecule has 2 N–H and O–H groups in total. The van der Waals surface area contributed by atoms with Crippen LogP contribution in [0, 0.1) is 0 Å². The van der Waals surface area contributed by atoms with Gasteiger partial charge in [0, 0.05) is 101 Å². The zero-order valence-electron chi connectivity index (χ0n) is 61.0. The van der Waals surface area contributed by atoms with Crippen molar-refractivity contribution >= 4 is 44.1 Å². The third-order valence-electron chi connectivity index (χ3n) is 15.4. The fourth-order valence-electron chi connectivity index (χ4n) is 10.4. The predicted molar refractivity (Wildman–Crippen MR) is 382 cm³/mol. The molecule has 0 saturated carbocycles. The second kappa shape index (κ2) is 47.2. The van der Waals surface area contributed by atoms with Gasteiger partial charge in [0.25, 0.3) is 0 Å². The van der Waals surface area contributed by atoms with Crippen LogP contribution < -0.4 is 37.9 Å². The van der Waals surface area contributed by atoms with Crippen LogP contribution in [0.2, 0.25) is 0 Å². The van der Waals surface area contributed by atoms with Crippen molar-refractivity contribution in [3.63, 3.8) is 0 Å². The standard InChI is InChI=1S/C72H98N8O24.Ni/c1-81-9-17-89-25-33-97-57-41-49-50(42-58(57)98-34-26-90-18-10-82-2)66-73-65(49)77-67-51-43-59(99-35-27-91-19-11-83-3)60(100-36-28-92-20-12-84-4)44-52(51)69(74-67)79-71-55-47-63(103-39-31-95-23-15-87-7)64(104-40-32-96-24-16-88-8)48-56(55)72(76-71)80-70-54-46-62(102-38-30-94-22-14-86-6)61(45-53(54)68(75-70)78-66)101-37-29-93-21-13-85-5;/h41-48H,9-40H2,1-8H3,(H2,73,74,75,76,77,78,79,80);/q;+2. The van der Waals surface area contributed by atoms with Gasteiger partial charge in [-0.05, 0) is 48.5 Å². The van der Waals surface area contributed by atoms with E-state index in [1.54, 1.807) is 56.9 Å². The smallest absolute Gasteiger partial charge is 0.487 e. The minimum absolute atomic E-state index is 0. The molecule has 33 heteroatoms. The number of aromatic amines is 2. The largest absolute Gasteiger partial charge is 2.00 e. The van der Waals surface area contributed by atoms with Gasteiger partial charge in [-0.25, -0.2) is 29.9 Å². The number of ether oxygens (including phenoxy) is 24. The second-order valence-electron chi connectivity index (χ2n) is 22.6. The van der Waals surface area contributed by atoms with Crippen molar-refractivity contribution in [3.05, 3.63) is 48.5 Å². The molecular formula is C72H98N8NiO24+2. The number of nitrogens with one attached hydrogen (secondary N) is 2. The van der Waals surface area contributed by atoms with Crippen molar-refractivity contribution in [2.45, 2.75) is 0 Å². The van der Waals surface area contributed by atoms with Crippen LogP contribution in [0.15, 0.2) is 48.5 Å². The maximum atomic E-state index is 6.53. The molecule has 3 aromatic heterocycles. The fourth-order valence-corrected chi connectivity index (χ4v) is 10.4. The molecule has 9 rings (SSSR count). The Kier molecular flexibility index (Phi) is 37.4. The maximum absolute atomic E-state index is 6.53. The first-order chi connectivity index (χ1) is 51.3. The molecule has 4 aromatic carbocycles. The van der Waals surface area contributed by atoms with Crippen LogP contribution in [0.3, 0.4) is 0 Å². The first-order valence-corrected chi connectivity index (χ1v) is 34.4. The summed E-state index contributed by atoms with van der Waals surface area (Å²) in [6.45, 7) is 9.47. The predicted octanol–water partition coefficient (Wildman–Crippen LogP) is 7.20. The monoisotopic (exact) mass is 1520 g/mol. The molecule has 8 bridgehead atoms. The summed E-state index contributed by atoms with van der Waals surface area (Å²) in [4.78, 5) is 39.4. The summed E-state index contributed by atoms with van der Waals surface area (Å²) in [6.07, 6.45) is 0. The van der Waals surface area contributed by atoms with Crippen LogP contribution >= 0.6 is 0 Å². The second-order valence-corrected chi connectivity index (χ2v) is 22.6. The van der Waals surface area contributed by atoms with Gasteiger partial charge >= 0.3 is 16.5 Å². The van der Waals surface area contributed by atoms with E-state index in [-0.39, 0.29) is 145 Å². The van der Waals surface area contributed by atoms with Crippen molar-refractivity contribution in [1.82, 2.24) is 39.9 Å². The summed E-state index contributed by atoms with van der Waals surface area (Å²) in [6, 6.07) is 14.7. The van der Waals surface area contributed by atoms with Crippen LogP contribution in [0.1, 0.15) is 0 Å². The summed E-state index contributed by atoms with van der Waals surface area (Å²) in [7, 11) is 12.9. The van der Waals surface area contributed by atoms with Gasteiger partial charge in [-0.1, -0.05) is 0 Å². The van der Waals surface area contributed by atoms with E-state index in [0.717, 1.165) is 0 Å². The van der Waals surface area contributed by atoms with Gasteiger partial charge in [-0.3, -0.25) is 0 Å². The molecule has 5 heterocycles. The van der Waals surface area contributed by atoms with Crippen LogP contribution in [-0.4, -0.2) is 308 Å². The third-order valence-corrected chi connectivity index (χ3v) is 15.4. The molecule has 2 aliphatic heterocycles. The van der Waals surface area contributed by atoms with Crippen LogP contribution in [0.5, 0.6) is 46.0 Å². The van der Waals surface area contributed by atoms with E-state index in [2.05, 4.69) is 9.97 Å². The van der Waals surface area contributed by atoms with Crippen LogP contribution in [0.4, 0.5) is 0 Å². The van der Waals surface area contributed by atoms with E-state index in [4.69, 9.17) is 144 Å². The Morgan fingerprint density at radius 2 is 0.352 bits per heavy atom. The number of aromatic nitrogens is 8. The number of H-pyrrole nitrogens is 2. The van der Waals surface area contributed by atoms with E-state index >= 15 is 0 Å². The zero-order valence-corrected chi connectivity index (χ0v) is 62.0. The molecule has 7 aromatic rings. The van der Waals surface area contributed by atoms with Gasteiger partial charge < -0.3 is 124 Å². The summed E-state index contributed by atoms with van der Waals surface area (Å²) < 4.78 is 141. The Balaban J connectivity index is 0.0000139. The van der Waals surface area contributed by atoms with Crippen molar-refractivity contribution in [3.8, 4) is 91.5 Å². The Labute approximate surface area is 619 Å². The number of benzene rings is 4. The molecule has 578 valence electrons. The number of hydrogen-bond donors (Lipinski definition) is 2. The molecule has 0 radical (unpaired) electrons. The number of methoxy groups -OCH3 is 8. The number of hydrogen-bond acceptors (Lipinski definition) is 30. The Morgan fingerprint density at radius 3 is 0.514 bits per heavy atom. The van der Waals surface area contributed by atoms with Crippen LogP contribution in [0.25, 0.3) is 89.7 Å². The summed E-state index contributed by atoms with van der Waals surface area (Å²) >= 11 is 0. The first kappa shape index (κ1) is 83.1. The van der Waals surface area contributed by atoms with E-state index in [0.29, 0.717) is 218 Å². The number of fused-ring (bicyclic) bond motifs is 20. The van der Waals surface area contributed by atoms with Gasteiger partial charge in [0.15, 0.2) is 69.3 Å². The average molecular weight is 1520 g/mol. The molecule has 0 aliphatic carbocycles. The molecule has 0 unspecified atom stereocenters. The van der Waals surface area contributed by atoms with E-state index in [1.165, 1.54) is 0 Å². The Bertz CT molecular complexity index is 3410.